The van der Waals surface area contributed by atoms with Gasteiger partial charge in [0, 0.05) is 45.1 Å². The van der Waals surface area contributed by atoms with Crippen molar-refractivity contribution >= 4 is 29.9 Å². The number of likely N-dealkylation sites (tertiary alicyclic amines) is 1. The second kappa shape index (κ2) is 13.7. The average molecular weight is 539 g/mol. The molecular weight excluding hydrogens is 499 g/mol. The van der Waals surface area contributed by atoms with Crippen molar-refractivity contribution in [3.8, 4) is 0 Å². The van der Waals surface area contributed by atoms with Crippen LogP contribution in [-0.4, -0.2) is 53.1 Å². The molecule has 1 aliphatic heterocycles. The number of hydrogen-bond acceptors (Lipinski definition) is 3. The smallest absolute Gasteiger partial charge is 0.191 e. The maximum Gasteiger partial charge on any atom is 0.191 e. The van der Waals surface area contributed by atoms with Crippen LogP contribution in [0.25, 0.3) is 0 Å². The lowest BCUT2D eigenvalue weighted by Gasteiger charge is -2.34. The van der Waals surface area contributed by atoms with Gasteiger partial charge in [-0.25, -0.2) is 4.98 Å². The molecule has 31 heavy (non-hydrogen) atoms. The van der Waals surface area contributed by atoms with Crippen LogP contribution in [0.3, 0.4) is 0 Å². The van der Waals surface area contributed by atoms with Gasteiger partial charge in [-0.3, -0.25) is 9.89 Å². The van der Waals surface area contributed by atoms with E-state index in [1.165, 1.54) is 49.9 Å². The van der Waals surface area contributed by atoms with Crippen LogP contribution < -0.4 is 10.6 Å². The summed E-state index contributed by atoms with van der Waals surface area (Å²) < 4.78 is 2.08. The molecule has 6 nitrogen and oxygen atoms in total. The fraction of sp³-hybridized carbons (Fsp3) is 0.583. The Hall–Kier alpha value is -1.61. The Morgan fingerprint density at radius 1 is 1.03 bits per heavy atom. The first-order valence-electron chi connectivity index (χ1n) is 11.4. The highest BCUT2D eigenvalue weighted by Gasteiger charge is 2.22. The molecule has 1 aromatic carbocycles. The van der Waals surface area contributed by atoms with Gasteiger partial charge in [0.05, 0.1) is 6.33 Å². The summed E-state index contributed by atoms with van der Waals surface area (Å²) in [5, 5.41) is 7.03. The first kappa shape index (κ1) is 25.6. The van der Waals surface area contributed by atoms with Crippen LogP contribution in [0.1, 0.15) is 50.7 Å². The molecule has 0 bridgehead atoms. The van der Waals surface area contributed by atoms with Crippen molar-refractivity contribution in [3.63, 3.8) is 0 Å². The lowest BCUT2D eigenvalue weighted by atomic mass is 10.0. The summed E-state index contributed by atoms with van der Waals surface area (Å²) in [5.41, 5.74) is 2.52. The molecule has 1 aromatic heterocycles. The van der Waals surface area contributed by atoms with Gasteiger partial charge >= 0.3 is 0 Å². The quantitative estimate of drug-likeness (QED) is 0.302. The maximum absolute atomic E-state index is 4.43. The van der Waals surface area contributed by atoms with Gasteiger partial charge in [-0.1, -0.05) is 51.0 Å². The van der Waals surface area contributed by atoms with Crippen molar-refractivity contribution in [1.29, 1.82) is 0 Å². The summed E-state index contributed by atoms with van der Waals surface area (Å²) in [5.74, 6) is 1.50. The lowest BCUT2D eigenvalue weighted by Crippen LogP contribution is -2.49. The molecule has 172 valence electrons. The molecule has 0 spiro atoms. The Morgan fingerprint density at radius 3 is 2.29 bits per heavy atom. The zero-order chi connectivity index (χ0) is 21.2. The largest absolute Gasteiger partial charge is 0.355 e. The van der Waals surface area contributed by atoms with Gasteiger partial charge in [0.2, 0.25) is 0 Å². The minimum absolute atomic E-state index is 0. The molecule has 0 saturated carbocycles. The van der Waals surface area contributed by atoms with Crippen LogP contribution in [0, 0.1) is 5.92 Å². The molecule has 0 radical (unpaired) electrons. The minimum atomic E-state index is 0. The van der Waals surface area contributed by atoms with Gasteiger partial charge in [-0.05, 0) is 43.0 Å². The van der Waals surface area contributed by atoms with Crippen molar-refractivity contribution in [3.05, 3.63) is 54.1 Å². The molecule has 0 amide bonds. The number of rotatable bonds is 8. The molecule has 1 fully saturated rings. The summed E-state index contributed by atoms with van der Waals surface area (Å²) in [6, 6.07) is 9.27. The Bertz CT molecular complexity index is 749. The van der Waals surface area contributed by atoms with E-state index in [-0.39, 0.29) is 24.0 Å². The molecular formula is C24H39IN6. The van der Waals surface area contributed by atoms with Gasteiger partial charge in [0.1, 0.15) is 0 Å². The van der Waals surface area contributed by atoms with Crippen LogP contribution in [0.15, 0.2) is 48.0 Å². The SMILES string of the molecule is CN=C(NCc1ccc(Cn2ccnc2)cc1)NCC(C(C)C)N1CCCCCC1.I. The van der Waals surface area contributed by atoms with E-state index in [2.05, 4.69) is 68.2 Å². The number of nitrogens with one attached hydrogen (secondary N) is 2. The van der Waals surface area contributed by atoms with Crippen LogP contribution in [0.2, 0.25) is 0 Å². The predicted octanol–water partition coefficient (Wildman–Crippen LogP) is 4.12. The fourth-order valence-corrected chi connectivity index (χ4v) is 4.17. The number of guanidine groups is 1. The van der Waals surface area contributed by atoms with Gasteiger partial charge in [-0.2, -0.15) is 0 Å². The lowest BCUT2D eigenvalue weighted by molar-refractivity contribution is 0.161. The van der Waals surface area contributed by atoms with Crippen molar-refractivity contribution in [1.82, 2.24) is 25.1 Å². The van der Waals surface area contributed by atoms with Crippen LogP contribution in [-0.2, 0) is 13.1 Å². The highest BCUT2D eigenvalue weighted by atomic mass is 127. The van der Waals surface area contributed by atoms with Gasteiger partial charge in [-0.15, -0.1) is 24.0 Å². The number of halogens is 1. The van der Waals surface area contributed by atoms with Crippen LogP contribution in [0.5, 0.6) is 0 Å². The highest BCUT2D eigenvalue weighted by molar-refractivity contribution is 14.0. The molecule has 3 rings (SSSR count). The van der Waals surface area contributed by atoms with E-state index < -0.39 is 0 Å². The van der Waals surface area contributed by atoms with E-state index in [0.29, 0.717) is 12.0 Å². The first-order valence-corrected chi connectivity index (χ1v) is 11.4. The van der Waals surface area contributed by atoms with E-state index in [0.717, 1.165) is 25.6 Å². The number of hydrogen-bond donors (Lipinski definition) is 2. The normalized spacial score (nSPS) is 16.5. The van der Waals surface area contributed by atoms with Crippen molar-refractivity contribution in [2.75, 3.05) is 26.7 Å². The molecule has 1 unspecified atom stereocenters. The van der Waals surface area contributed by atoms with E-state index >= 15 is 0 Å². The maximum atomic E-state index is 4.43. The Labute approximate surface area is 204 Å². The second-order valence-electron chi connectivity index (χ2n) is 8.62. The third kappa shape index (κ3) is 8.44. The standard InChI is InChI=1S/C24H38N6.HI/c1-20(2)23(30-13-6-4-5-7-14-30)17-28-24(25-3)27-16-21-8-10-22(11-9-21)18-29-15-12-26-19-29;/h8-12,15,19-20,23H,4-7,13-14,16-18H2,1-3H3,(H2,25,27,28);1H. The number of benzene rings is 1. The molecule has 1 saturated heterocycles. The Morgan fingerprint density at radius 2 is 1.71 bits per heavy atom. The van der Waals surface area contributed by atoms with E-state index in [1.807, 2.05) is 25.8 Å². The minimum Gasteiger partial charge on any atom is -0.355 e. The summed E-state index contributed by atoms with van der Waals surface area (Å²) in [4.78, 5) is 11.2. The Kier molecular flexibility index (Phi) is 11.4. The fourth-order valence-electron chi connectivity index (χ4n) is 4.17. The molecule has 2 N–H and O–H groups in total. The van der Waals surface area contributed by atoms with Gasteiger partial charge in [0.25, 0.3) is 0 Å². The van der Waals surface area contributed by atoms with Crippen LogP contribution >= 0.6 is 24.0 Å². The molecule has 7 heteroatoms. The van der Waals surface area contributed by atoms with Crippen molar-refractivity contribution in [2.24, 2.45) is 10.9 Å². The monoisotopic (exact) mass is 538 g/mol. The summed E-state index contributed by atoms with van der Waals surface area (Å²) in [6.45, 7) is 9.66. The molecule has 2 heterocycles. The van der Waals surface area contributed by atoms with Gasteiger partial charge < -0.3 is 15.2 Å². The zero-order valence-corrected chi connectivity index (χ0v) is 21.6. The van der Waals surface area contributed by atoms with Gasteiger partial charge in [0.15, 0.2) is 5.96 Å². The molecule has 0 aliphatic carbocycles. The number of aliphatic imine (C=N–C) groups is 1. The number of imidazole rings is 1. The third-order valence-corrected chi connectivity index (χ3v) is 5.99. The first-order chi connectivity index (χ1) is 14.7. The van der Waals surface area contributed by atoms with E-state index in [4.69, 9.17) is 0 Å². The number of aromatic nitrogens is 2. The number of nitrogens with zero attached hydrogens (tertiary/aromatic N) is 4. The van der Waals surface area contributed by atoms with E-state index in [9.17, 15) is 0 Å². The van der Waals surface area contributed by atoms with Crippen molar-refractivity contribution in [2.45, 2.75) is 58.7 Å². The summed E-state index contributed by atoms with van der Waals surface area (Å²) in [7, 11) is 1.85. The predicted molar refractivity (Wildman–Crippen MR) is 140 cm³/mol. The second-order valence-corrected chi connectivity index (χ2v) is 8.62. The third-order valence-electron chi connectivity index (χ3n) is 5.99. The summed E-state index contributed by atoms with van der Waals surface area (Å²) >= 11 is 0. The zero-order valence-electron chi connectivity index (χ0n) is 19.3. The van der Waals surface area contributed by atoms with Crippen LogP contribution in [0.4, 0.5) is 0 Å². The van der Waals surface area contributed by atoms with E-state index in [1.54, 1.807) is 0 Å². The molecule has 2 aromatic rings. The molecule has 1 atom stereocenters. The Balaban J connectivity index is 0.00000341. The molecule has 1 aliphatic rings. The topological polar surface area (TPSA) is 57.5 Å². The highest BCUT2D eigenvalue weighted by Crippen LogP contribution is 2.17. The average Bonchev–Trinajstić information content (AvgIpc) is 3.11. The summed E-state index contributed by atoms with van der Waals surface area (Å²) in [6.07, 6.45) is 11.0. The van der Waals surface area contributed by atoms with Crippen molar-refractivity contribution < 1.29 is 0 Å².